The first-order valence-corrected chi connectivity index (χ1v) is 5.30. The van der Waals surface area contributed by atoms with Crippen LogP contribution in [-0.4, -0.2) is 30.4 Å². The summed E-state index contributed by atoms with van der Waals surface area (Å²) >= 11 is 0. The Morgan fingerprint density at radius 1 is 1.44 bits per heavy atom. The van der Waals surface area contributed by atoms with Gasteiger partial charge < -0.3 is 0 Å². The van der Waals surface area contributed by atoms with E-state index in [4.69, 9.17) is 0 Å². The second-order valence-electron chi connectivity index (χ2n) is 3.72. The monoisotopic (exact) mass is 249 g/mol. The van der Waals surface area contributed by atoms with Gasteiger partial charge in [0.1, 0.15) is 6.20 Å². The van der Waals surface area contributed by atoms with Crippen LogP contribution in [-0.2, 0) is 6.54 Å². The van der Waals surface area contributed by atoms with Crippen LogP contribution in [0, 0.1) is 17.0 Å². The second kappa shape index (κ2) is 4.40. The van der Waals surface area contributed by atoms with E-state index in [1.165, 1.54) is 17.1 Å². The predicted octanol–water partition coefficient (Wildman–Crippen LogP) is 1.00. The van der Waals surface area contributed by atoms with Gasteiger partial charge in [0.15, 0.2) is 0 Å². The van der Waals surface area contributed by atoms with Crippen LogP contribution in [0.1, 0.15) is 23.0 Å². The first kappa shape index (κ1) is 12.0. The normalized spacial score (nSPS) is 10.6. The zero-order valence-electron chi connectivity index (χ0n) is 9.90. The summed E-state index contributed by atoms with van der Waals surface area (Å²) in [6.45, 7) is 3.90. The molecule has 0 saturated heterocycles. The van der Waals surface area contributed by atoms with E-state index in [-0.39, 0.29) is 11.4 Å². The van der Waals surface area contributed by atoms with E-state index in [9.17, 15) is 14.9 Å². The molecule has 8 nitrogen and oxygen atoms in total. The molecule has 18 heavy (non-hydrogen) atoms. The van der Waals surface area contributed by atoms with Gasteiger partial charge in [-0.1, -0.05) is 0 Å². The molecule has 0 fully saturated rings. The molecule has 0 unspecified atom stereocenters. The molecule has 0 radical (unpaired) electrons. The smallest absolute Gasteiger partial charge is 0.265 e. The van der Waals surface area contributed by atoms with Gasteiger partial charge in [0.05, 0.1) is 11.1 Å². The standard InChI is InChI=1S/C10H11N5O3/c1-3-13-9(8(5-12-13)15(17)18)10(16)14-6-7(2)4-11-14/h4-6H,3H2,1-2H3. The summed E-state index contributed by atoms with van der Waals surface area (Å²) in [5.41, 5.74) is 0.425. The number of rotatable bonds is 3. The van der Waals surface area contributed by atoms with Crippen molar-refractivity contribution in [2.45, 2.75) is 20.4 Å². The van der Waals surface area contributed by atoms with Crippen LogP contribution in [0.15, 0.2) is 18.6 Å². The van der Waals surface area contributed by atoms with Crippen molar-refractivity contribution in [3.8, 4) is 0 Å². The lowest BCUT2D eigenvalue weighted by molar-refractivity contribution is -0.385. The van der Waals surface area contributed by atoms with E-state index in [2.05, 4.69) is 10.2 Å². The van der Waals surface area contributed by atoms with Crippen LogP contribution in [0.25, 0.3) is 0 Å². The molecule has 0 saturated carbocycles. The Bertz CT molecular complexity index is 613. The Morgan fingerprint density at radius 3 is 2.67 bits per heavy atom. The second-order valence-corrected chi connectivity index (χ2v) is 3.72. The lowest BCUT2D eigenvalue weighted by atomic mass is 10.3. The molecule has 0 aromatic carbocycles. The van der Waals surface area contributed by atoms with Crippen molar-refractivity contribution in [1.82, 2.24) is 19.6 Å². The van der Waals surface area contributed by atoms with Crippen molar-refractivity contribution >= 4 is 11.6 Å². The summed E-state index contributed by atoms with van der Waals surface area (Å²) in [6.07, 6.45) is 4.10. The maximum absolute atomic E-state index is 12.2. The van der Waals surface area contributed by atoms with Crippen LogP contribution in [0.4, 0.5) is 5.69 Å². The van der Waals surface area contributed by atoms with Gasteiger partial charge in [0, 0.05) is 12.7 Å². The Labute approximate surface area is 102 Å². The Kier molecular flexibility index (Phi) is 2.92. The average molecular weight is 249 g/mol. The first-order valence-electron chi connectivity index (χ1n) is 5.30. The molecule has 2 heterocycles. The summed E-state index contributed by atoms with van der Waals surface area (Å²) in [4.78, 5) is 22.4. The van der Waals surface area contributed by atoms with E-state index in [0.29, 0.717) is 6.54 Å². The van der Waals surface area contributed by atoms with Crippen molar-refractivity contribution in [3.05, 3.63) is 40.0 Å². The average Bonchev–Trinajstić information content (AvgIpc) is 2.93. The van der Waals surface area contributed by atoms with E-state index in [0.717, 1.165) is 16.4 Å². The summed E-state index contributed by atoms with van der Waals surface area (Å²) in [5.74, 6) is -0.561. The molecule has 8 heteroatoms. The van der Waals surface area contributed by atoms with Gasteiger partial charge in [0.25, 0.3) is 0 Å². The number of nitrogens with zero attached hydrogens (tertiary/aromatic N) is 5. The third-order valence-electron chi connectivity index (χ3n) is 2.44. The fraction of sp³-hybridized carbons (Fsp3) is 0.300. The molecule has 0 aliphatic rings. The molecule has 0 spiro atoms. The highest BCUT2D eigenvalue weighted by Gasteiger charge is 2.27. The molecule has 0 N–H and O–H groups in total. The van der Waals surface area contributed by atoms with Crippen molar-refractivity contribution in [2.24, 2.45) is 0 Å². The lowest BCUT2D eigenvalue weighted by Crippen LogP contribution is -2.19. The molecule has 0 atom stereocenters. The minimum atomic E-state index is -0.622. The molecule has 0 aliphatic carbocycles. The minimum absolute atomic E-state index is 0.0643. The van der Waals surface area contributed by atoms with E-state index >= 15 is 0 Å². The fourth-order valence-corrected chi connectivity index (χ4v) is 1.60. The van der Waals surface area contributed by atoms with Gasteiger partial charge in [-0.05, 0) is 19.4 Å². The number of hydrogen-bond acceptors (Lipinski definition) is 5. The number of aryl methyl sites for hydroxylation is 2. The molecule has 2 rings (SSSR count). The van der Waals surface area contributed by atoms with Gasteiger partial charge in [-0.15, -0.1) is 0 Å². The first-order chi connectivity index (χ1) is 8.54. The number of aromatic nitrogens is 4. The van der Waals surface area contributed by atoms with E-state index < -0.39 is 10.8 Å². The third-order valence-corrected chi connectivity index (χ3v) is 2.44. The summed E-state index contributed by atoms with van der Waals surface area (Å²) in [5, 5.41) is 18.5. The van der Waals surface area contributed by atoms with Gasteiger partial charge >= 0.3 is 11.6 Å². The van der Waals surface area contributed by atoms with Crippen molar-refractivity contribution < 1.29 is 9.72 Å². The zero-order chi connectivity index (χ0) is 13.3. The molecule has 2 aromatic heterocycles. The number of nitro groups is 1. The topological polar surface area (TPSA) is 95.9 Å². The maximum atomic E-state index is 12.2. The quantitative estimate of drug-likeness (QED) is 0.597. The van der Waals surface area contributed by atoms with Crippen LogP contribution in [0.3, 0.4) is 0 Å². The maximum Gasteiger partial charge on any atom is 0.320 e. The van der Waals surface area contributed by atoms with E-state index in [1.54, 1.807) is 13.8 Å². The lowest BCUT2D eigenvalue weighted by Gasteiger charge is -2.02. The molecular weight excluding hydrogens is 238 g/mol. The van der Waals surface area contributed by atoms with Crippen LogP contribution < -0.4 is 0 Å². The SMILES string of the molecule is CCn1ncc([N+](=O)[O-])c1C(=O)n1cc(C)cn1. The van der Waals surface area contributed by atoms with Crippen molar-refractivity contribution in [1.29, 1.82) is 0 Å². The molecule has 0 aliphatic heterocycles. The van der Waals surface area contributed by atoms with Crippen molar-refractivity contribution in [3.63, 3.8) is 0 Å². The molecule has 94 valence electrons. The highest BCUT2D eigenvalue weighted by Crippen LogP contribution is 2.18. The van der Waals surface area contributed by atoms with Gasteiger partial charge in [-0.3, -0.25) is 19.6 Å². The third kappa shape index (κ3) is 1.88. The summed E-state index contributed by atoms with van der Waals surface area (Å²) < 4.78 is 2.36. The Morgan fingerprint density at radius 2 is 2.17 bits per heavy atom. The van der Waals surface area contributed by atoms with Crippen LogP contribution >= 0.6 is 0 Å². The molecule has 0 bridgehead atoms. The van der Waals surface area contributed by atoms with Crippen LogP contribution in [0.5, 0.6) is 0 Å². The van der Waals surface area contributed by atoms with Crippen molar-refractivity contribution in [2.75, 3.05) is 0 Å². The largest absolute Gasteiger partial charge is 0.320 e. The fourth-order valence-electron chi connectivity index (χ4n) is 1.60. The van der Waals surface area contributed by atoms with E-state index in [1.807, 2.05) is 0 Å². The van der Waals surface area contributed by atoms with Gasteiger partial charge in [0.2, 0.25) is 5.69 Å². The molecule has 0 amide bonds. The predicted molar refractivity (Wildman–Crippen MR) is 61.2 cm³/mol. The highest BCUT2D eigenvalue weighted by atomic mass is 16.6. The zero-order valence-corrected chi connectivity index (χ0v) is 9.90. The summed E-state index contributed by atoms with van der Waals surface area (Å²) in [6, 6.07) is 0. The number of hydrogen-bond donors (Lipinski definition) is 0. The Hall–Kier alpha value is -2.51. The Balaban J connectivity index is 2.52. The summed E-state index contributed by atoms with van der Waals surface area (Å²) in [7, 11) is 0. The van der Waals surface area contributed by atoms with Crippen LogP contribution in [0.2, 0.25) is 0 Å². The molecule has 2 aromatic rings. The highest BCUT2D eigenvalue weighted by molar-refractivity contribution is 5.97. The minimum Gasteiger partial charge on any atom is -0.265 e. The molecular formula is C10H11N5O3. The van der Waals surface area contributed by atoms with Gasteiger partial charge in [-0.25, -0.2) is 4.68 Å². The number of carbonyl (C=O) groups is 1. The number of carbonyl (C=O) groups excluding carboxylic acids is 1. The van der Waals surface area contributed by atoms with Gasteiger partial charge in [-0.2, -0.15) is 10.2 Å².